The van der Waals surface area contributed by atoms with Crippen molar-refractivity contribution in [2.24, 2.45) is 0 Å². The van der Waals surface area contributed by atoms with Crippen molar-refractivity contribution in [1.29, 1.82) is 0 Å². The van der Waals surface area contributed by atoms with E-state index in [0.717, 1.165) is 6.42 Å². The Morgan fingerprint density at radius 1 is 0.844 bits per heavy atom. The Hall–Kier alpha value is -0.980. The number of fused-ring (bicyclic) bond motifs is 3. The predicted molar refractivity (Wildman–Crippen MR) is 138 cm³/mol. The van der Waals surface area contributed by atoms with E-state index in [9.17, 15) is 0 Å². The summed E-state index contributed by atoms with van der Waals surface area (Å²) in [5.74, 6) is 0. The summed E-state index contributed by atoms with van der Waals surface area (Å²) in [5.41, 5.74) is 9.76. The van der Waals surface area contributed by atoms with Gasteiger partial charge < -0.3 is 0 Å². The standard InChI is InChI=1S/C21H25.C5H5.C4H8Si.Zr/c1-20(2,3)16-7-9-18-14(12-16)11-15-13-17(21(4,5)6)8-10-19(15)18;2*1-2-4-5-3-1;/h7-10,12H,11H2,1-6H3;1-3H,4H2;1-4H2;. The zero-order valence-corrected chi connectivity index (χ0v) is 24.3. The van der Waals surface area contributed by atoms with Crippen molar-refractivity contribution in [3.8, 4) is 11.1 Å². The van der Waals surface area contributed by atoms with Gasteiger partial charge in [0.2, 0.25) is 0 Å². The van der Waals surface area contributed by atoms with Gasteiger partial charge in [0, 0.05) is 0 Å². The van der Waals surface area contributed by atoms with Crippen molar-refractivity contribution in [3.63, 3.8) is 0 Å². The fraction of sp³-hybridized carbons (Fsp3) is 0.467. The predicted octanol–water partition coefficient (Wildman–Crippen LogP) is 7.73. The topological polar surface area (TPSA) is 0 Å². The van der Waals surface area contributed by atoms with Crippen LogP contribution in [0.1, 0.15) is 83.1 Å². The number of hydrogen-bond donors (Lipinski definition) is 0. The molecule has 1 aliphatic heterocycles. The van der Waals surface area contributed by atoms with Gasteiger partial charge in [0.25, 0.3) is 0 Å². The summed E-state index contributed by atoms with van der Waals surface area (Å²) >= 11 is -1.92. The SMILES string of the molecule is CC(C)(C)c1ccc2c(c1)Cc1c-2ccc(C(C)(C)C)[c]1[Zr]([C]1=CC=CC1)=[Si]1CCCC1. The molecule has 0 nitrogen and oxygen atoms in total. The van der Waals surface area contributed by atoms with Crippen LogP contribution in [-0.4, -0.2) is 5.43 Å². The molecule has 5 rings (SSSR count). The maximum atomic E-state index is 2.55. The molecule has 0 radical (unpaired) electrons. The molecule has 1 fully saturated rings. The Bertz CT molecular complexity index is 1170. The molecule has 2 aromatic carbocycles. The van der Waals surface area contributed by atoms with Crippen molar-refractivity contribution in [2.75, 3.05) is 0 Å². The summed E-state index contributed by atoms with van der Waals surface area (Å²) in [7, 11) is 0. The number of hydrogen-bond acceptors (Lipinski definition) is 0. The molecule has 32 heavy (non-hydrogen) atoms. The van der Waals surface area contributed by atoms with Crippen LogP contribution in [-0.2, 0) is 37.6 Å². The van der Waals surface area contributed by atoms with E-state index < -0.39 is 20.4 Å². The zero-order chi connectivity index (χ0) is 22.7. The van der Waals surface area contributed by atoms with Gasteiger partial charge in [-0.05, 0) is 0 Å². The monoisotopic (exact) mass is 516 g/mol. The van der Waals surface area contributed by atoms with Crippen LogP contribution < -0.4 is 3.27 Å². The van der Waals surface area contributed by atoms with Gasteiger partial charge in [-0.25, -0.2) is 0 Å². The van der Waals surface area contributed by atoms with Gasteiger partial charge in [0.05, 0.1) is 0 Å². The molecule has 0 N–H and O–H groups in total. The molecule has 0 aromatic heterocycles. The third kappa shape index (κ3) is 4.05. The first-order valence-electron chi connectivity index (χ1n) is 12.5. The van der Waals surface area contributed by atoms with Gasteiger partial charge >= 0.3 is 204 Å². The fourth-order valence-electron chi connectivity index (χ4n) is 5.90. The van der Waals surface area contributed by atoms with Gasteiger partial charge in [-0.2, -0.15) is 0 Å². The van der Waals surface area contributed by atoms with E-state index >= 15 is 0 Å². The van der Waals surface area contributed by atoms with Crippen LogP contribution in [0.5, 0.6) is 0 Å². The van der Waals surface area contributed by atoms with Crippen LogP contribution in [0.25, 0.3) is 11.1 Å². The molecule has 0 bridgehead atoms. The Morgan fingerprint density at radius 2 is 1.56 bits per heavy atom. The summed E-state index contributed by atoms with van der Waals surface area (Å²) in [5, 5.41) is 0. The van der Waals surface area contributed by atoms with Crippen molar-refractivity contribution >= 4 is 8.70 Å². The second-order valence-electron chi connectivity index (χ2n) is 12.1. The van der Waals surface area contributed by atoms with Gasteiger partial charge in [0.1, 0.15) is 0 Å². The molecule has 2 heteroatoms. The molecule has 0 amide bonds. The molecule has 0 spiro atoms. The molecule has 0 atom stereocenters. The first-order chi connectivity index (χ1) is 15.1. The maximum absolute atomic E-state index is 2.55. The summed E-state index contributed by atoms with van der Waals surface area (Å²) in [6, 6.07) is 15.5. The van der Waals surface area contributed by atoms with E-state index in [1.165, 1.54) is 30.4 Å². The number of allylic oxidation sites excluding steroid dienone is 4. The third-order valence-corrected chi connectivity index (χ3v) is 27.7. The van der Waals surface area contributed by atoms with Crippen LogP contribution >= 0.6 is 0 Å². The molecule has 2 aliphatic carbocycles. The zero-order valence-electron chi connectivity index (χ0n) is 20.9. The molecule has 1 saturated heterocycles. The fourth-order valence-corrected chi connectivity index (χ4v) is 29.2. The van der Waals surface area contributed by atoms with Gasteiger partial charge in [-0.1, -0.05) is 0 Å². The van der Waals surface area contributed by atoms with Crippen molar-refractivity contribution in [1.82, 2.24) is 0 Å². The number of benzene rings is 2. The molecule has 166 valence electrons. The van der Waals surface area contributed by atoms with E-state index in [-0.39, 0.29) is 16.3 Å². The molecular formula is C30H38SiZr. The first kappa shape index (κ1) is 22.8. The number of rotatable bonds is 2. The first-order valence-corrected chi connectivity index (χ1v) is 20.6. The Balaban J connectivity index is 1.76. The quantitative estimate of drug-likeness (QED) is 0.305. The normalized spacial score (nSPS) is 17.6. The Labute approximate surface area is 203 Å². The molecule has 3 aliphatic rings. The van der Waals surface area contributed by atoms with E-state index in [2.05, 4.69) is 90.1 Å². The average Bonchev–Trinajstić information content (AvgIpc) is 3.47. The van der Waals surface area contributed by atoms with Gasteiger partial charge in [-0.3, -0.25) is 0 Å². The van der Waals surface area contributed by atoms with E-state index in [0.29, 0.717) is 0 Å². The second-order valence-corrected chi connectivity index (χ2v) is 27.1. The van der Waals surface area contributed by atoms with Crippen LogP contribution in [0.15, 0.2) is 51.8 Å². The summed E-state index contributed by atoms with van der Waals surface area (Å²) in [4.78, 5) is 0. The average molecular weight is 518 g/mol. The van der Waals surface area contributed by atoms with Crippen LogP contribution in [0.3, 0.4) is 0 Å². The minimum absolute atomic E-state index is 0.208. The second kappa shape index (κ2) is 8.35. The van der Waals surface area contributed by atoms with Crippen LogP contribution in [0.2, 0.25) is 12.1 Å². The molecule has 2 aromatic rings. The summed E-state index contributed by atoms with van der Waals surface area (Å²) < 4.78 is 3.82. The summed E-state index contributed by atoms with van der Waals surface area (Å²) in [6.07, 6.45) is 12.7. The van der Waals surface area contributed by atoms with Gasteiger partial charge in [0.15, 0.2) is 0 Å². The van der Waals surface area contributed by atoms with E-state index in [1.54, 1.807) is 34.3 Å². The molecular weight excluding hydrogens is 480 g/mol. The third-order valence-electron chi connectivity index (χ3n) is 7.65. The van der Waals surface area contributed by atoms with Crippen molar-refractivity contribution in [3.05, 3.63) is 74.1 Å². The van der Waals surface area contributed by atoms with Crippen LogP contribution in [0.4, 0.5) is 0 Å². The summed E-state index contributed by atoms with van der Waals surface area (Å²) in [6.45, 7) is 14.4. The van der Waals surface area contributed by atoms with E-state index in [1.807, 2.05) is 6.55 Å². The van der Waals surface area contributed by atoms with E-state index in [4.69, 9.17) is 0 Å². The molecule has 1 heterocycles. The Kier molecular flexibility index (Phi) is 5.95. The molecule has 0 saturated carbocycles. The minimum atomic E-state index is -1.92. The molecule has 0 unspecified atom stereocenters. The van der Waals surface area contributed by atoms with Crippen molar-refractivity contribution < 1.29 is 20.4 Å². The van der Waals surface area contributed by atoms with Gasteiger partial charge in [-0.15, -0.1) is 0 Å². The van der Waals surface area contributed by atoms with Crippen molar-refractivity contribution in [2.45, 2.75) is 90.1 Å². The Morgan fingerprint density at radius 3 is 2.19 bits per heavy atom. The van der Waals surface area contributed by atoms with Crippen LogP contribution in [0, 0.1) is 0 Å².